The number of carbonyl (C=O) groups excluding carboxylic acids is 2. The zero-order valence-corrected chi connectivity index (χ0v) is 15.1. The van der Waals surface area contributed by atoms with Gasteiger partial charge in [0, 0.05) is 25.2 Å². The van der Waals surface area contributed by atoms with E-state index < -0.39 is 6.04 Å². The van der Waals surface area contributed by atoms with Crippen molar-refractivity contribution in [3.8, 4) is 0 Å². The van der Waals surface area contributed by atoms with Crippen LogP contribution in [0.1, 0.15) is 45.2 Å². The summed E-state index contributed by atoms with van der Waals surface area (Å²) < 4.78 is 0. The average molecular weight is 316 g/mol. The molecule has 1 heterocycles. The lowest BCUT2D eigenvalue weighted by atomic mass is 9.91. The molecule has 1 saturated heterocycles. The Morgan fingerprint density at radius 3 is 2.22 bits per heavy atom. The van der Waals surface area contributed by atoms with E-state index in [9.17, 15) is 9.59 Å². The van der Waals surface area contributed by atoms with Gasteiger partial charge in [0.2, 0.25) is 11.8 Å². The highest BCUT2D eigenvalue weighted by molar-refractivity contribution is 6.00. The maximum Gasteiger partial charge on any atom is 0.249 e. The minimum absolute atomic E-state index is 0.00325. The first-order valence-corrected chi connectivity index (χ1v) is 8.27. The Morgan fingerprint density at radius 1 is 1.13 bits per heavy atom. The van der Waals surface area contributed by atoms with E-state index in [4.69, 9.17) is 0 Å². The Balaban J connectivity index is 2.17. The van der Waals surface area contributed by atoms with Crippen molar-refractivity contribution in [2.75, 3.05) is 18.0 Å². The van der Waals surface area contributed by atoms with Crippen LogP contribution in [0, 0.1) is 19.3 Å². The van der Waals surface area contributed by atoms with Gasteiger partial charge in [0.1, 0.15) is 6.04 Å². The molecule has 0 bridgehead atoms. The van der Waals surface area contributed by atoms with Crippen molar-refractivity contribution in [3.05, 3.63) is 29.3 Å². The lowest BCUT2D eigenvalue weighted by Gasteiger charge is -2.40. The summed E-state index contributed by atoms with van der Waals surface area (Å²) in [4.78, 5) is 28.8. The van der Waals surface area contributed by atoms with Crippen LogP contribution < -0.4 is 4.90 Å². The fourth-order valence-electron chi connectivity index (χ4n) is 3.13. The number of carbonyl (C=O) groups is 2. The molecule has 1 aromatic carbocycles. The number of rotatable bonds is 2. The SMILES string of the molecule is Cc1cc(C)cc(N2CCN(C(=O)CC(C)(C)C)C(C)C2=O)c1. The van der Waals surface area contributed by atoms with Crippen LogP contribution in [0.2, 0.25) is 0 Å². The minimum atomic E-state index is -0.403. The second-order valence-corrected chi connectivity index (χ2v) is 7.84. The monoisotopic (exact) mass is 316 g/mol. The molecule has 1 atom stereocenters. The molecule has 2 amide bonds. The summed E-state index contributed by atoms with van der Waals surface area (Å²) >= 11 is 0. The van der Waals surface area contributed by atoms with Crippen molar-refractivity contribution in [1.29, 1.82) is 0 Å². The Hall–Kier alpha value is -1.84. The molecule has 0 N–H and O–H groups in total. The van der Waals surface area contributed by atoms with Gasteiger partial charge in [0.15, 0.2) is 0 Å². The van der Waals surface area contributed by atoms with Gasteiger partial charge in [-0.2, -0.15) is 0 Å². The molecule has 1 aromatic rings. The first kappa shape index (κ1) is 17.5. The predicted octanol–water partition coefficient (Wildman–Crippen LogP) is 3.30. The third-order valence-corrected chi connectivity index (χ3v) is 4.18. The maximum absolute atomic E-state index is 12.8. The van der Waals surface area contributed by atoms with Crippen molar-refractivity contribution in [2.24, 2.45) is 5.41 Å². The van der Waals surface area contributed by atoms with E-state index in [-0.39, 0.29) is 17.2 Å². The Kier molecular flexibility index (Phi) is 4.83. The molecule has 1 fully saturated rings. The molecule has 0 aromatic heterocycles. The molecule has 0 aliphatic carbocycles. The Morgan fingerprint density at radius 2 is 1.70 bits per heavy atom. The number of amides is 2. The van der Waals surface area contributed by atoms with E-state index in [0.29, 0.717) is 19.5 Å². The average Bonchev–Trinajstić information content (AvgIpc) is 2.38. The van der Waals surface area contributed by atoms with Gasteiger partial charge in [0.05, 0.1) is 0 Å². The summed E-state index contributed by atoms with van der Waals surface area (Å²) in [6, 6.07) is 5.76. The van der Waals surface area contributed by atoms with E-state index in [1.54, 1.807) is 4.90 Å². The van der Waals surface area contributed by atoms with E-state index >= 15 is 0 Å². The predicted molar refractivity (Wildman–Crippen MR) is 93.5 cm³/mol. The van der Waals surface area contributed by atoms with Crippen LogP contribution >= 0.6 is 0 Å². The smallest absolute Gasteiger partial charge is 0.249 e. The van der Waals surface area contributed by atoms with Crippen LogP contribution in [-0.4, -0.2) is 35.8 Å². The first-order chi connectivity index (χ1) is 10.6. The van der Waals surface area contributed by atoms with Crippen LogP contribution in [0.3, 0.4) is 0 Å². The van der Waals surface area contributed by atoms with E-state index in [2.05, 4.69) is 6.07 Å². The molecule has 0 radical (unpaired) electrons. The highest BCUT2D eigenvalue weighted by Gasteiger charge is 2.35. The molecule has 126 valence electrons. The van der Waals surface area contributed by atoms with Crippen molar-refractivity contribution in [1.82, 2.24) is 4.90 Å². The lowest BCUT2D eigenvalue weighted by molar-refractivity contribution is -0.142. The highest BCUT2D eigenvalue weighted by Crippen LogP contribution is 2.26. The molecule has 1 aliphatic rings. The van der Waals surface area contributed by atoms with Gasteiger partial charge in [-0.15, -0.1) is 0 Å². The Bertz CT molecular complexity index is 596. The third kappa shape index (κ3) is 4.12. The quantitative estimate of drug-likeness (QED) is 0.840. The van der Waals surface area contributed by atoms with Gasteiger partial charge in [-0.1, -0.05) is 26.8 Å². The molecular weight excluding hydrogens is 288 g/mol. The standard InChI is InChI=1S/C19H28N2O2/c1-13-9-14(2)11-16(10-13)21-8-7-20(15(3)18(21)23)17(22)12-19(4,5)6/h9-11,15H,7-8,12H2,1-6H3. The van der Waals surface area contributed by atoms with E-state index in [1.165, 1.54) is 0 Å². The lowest BCUT2D eigenvalue weighted by Crippen LogP contribution is -2.58. The molecule has 1 aliphatic heterocycles. The van der Waals surface area contributed by atoms with Crippen molar-refractivity contribution < 1.29 is 9.59 Å². The largest absolute Gasteiger partial charge is 0.329 e. The first-order valence-electron chi connectivity index (χ1n) is 8.27. The Labute approximate surface area is 139 Å². The van der Waals surface area contributed by atoms with Crippen LogP contribution in [0.5, 0.6) is 0 Å². The molecular formula is C19H28N2O2. The van der Waals surface area contributed by atoms with Crippen molar-refractivity contribution in [3.63, 3.8) is 0 Å². The van der Waals surface area contributed by atoms with Crippen molar-refractivity contribution in [2.45, 2.75) is 54.0 Å². The second kappa shape index (κ2) is 6.34. The van der Waals surface area contributed by atoms with E-state index in [1.807, 2.05) is 58.6 Å². The van der Waals surface area contributed by atoms with Crippen LogP contribution in [0.15, 0.2) is 18.2 Å². The van der Waals surface area contributed by atoms with E-state index in [0.717, 1.165) is 16.8 Å². The fraction of sp³-hybridized carbons (Fsp3) is 0.579. The van der Waals surface area contributed by atoms with Crippen LogP contribution in [0.4, 0.5) is 5.69 Å². The molecule has 0 saturated carbocycles. The number of nitrogens with zero attached hydrogens (tertiary/aromatic N) is 2. The number of benzene rings is 1. The molecule has 23 heavy (non-hydrogen) atoms. The highest BCUT2D eigenvalue weighted by atomic mass is 16.2. The summed E-state index contributed by atoms with van der Waals surface area (Å²) in [5.41, 5.74) is 3.16. The summed E-state index contributed by atoms with van der Waals surface area (Å²) in [6.45, 7) is 13.2. The van der Waals surface area contributed by atoms with Gasteiger partial charge < -0.3 is 9.80 Å². The summed E-state index contributed by atoms with van der Waals surface area (Å²) in [6.07, 6.45) is 0.466. The minimum Gasteiger partial charge on any atom is -0.329 e. The summed E-state index contributed by atoms with van der Waals surface area (Å²) in [5.74, 6) is 0.0712. The van der Waals surface area contributed by atoms with Crippen LogP contribution in [0.25, 0.3) is 0 Å². The molecule has 2 rings (SSSR count). The molecule has 0 spiro atoms. The zero-order valence-electron chi connectivity index (χ0n) is 15.1. The number of hydrogen-bond acceptors (Lipinski definition) is 2. The van der Waals surface area contributed by atoms with Gasteiger partial charge in [-0.3, -0.25) is 9.59 Å². The molecule has 4 heteroatoms. The topological polar surface area (TPSA) is 40.6 Å². The summed E-state index contributed by atoms with van der Waals surface area (Å²) in [7, 11) is 0. The number of anilines is 1. The summed E-state index contributed by atoms with van der Waals surface area (Å²) in [5, 5.41) is 0. The maximum atomic E-state index is 12.8. The zero-order chi connectivity index (χ0) is 17.4. The van der Waals surface area contributed by atoms with Gasteiger partial charge in [0.25, 0.3) is 0 Å². The van der Waals surface area contributed by atoms with Gasteiger partial charge in [-0.05, 0) is 49.4 Å². The van der Waals surface area contributed by atoms with Crippen molar-refractivity contribution >= 4 is 17.5 Å². The number of aryl methyl sites for hydroxylation is 2. The number of piperazine rings is 1. The fourth-order valence-corrected chi connectivity index (χ4v) is 3.13. The van der Waals surface area contributed by atoms with Crippen LogP contribution in [-0.2, 0) is 9.59 Å². The van der Waals surface area contributed by atoms with Gasteiger partial charge in [-0.25, -0.2) is 0 Å². The van der Waals surface area contributed by atoms with Gasteiger partial charge >= 0.3 is 0 Å². The number of hydrogen-bond donors (Lipinski definition) is 0. The molecule has 1 unspecified atom stereocenters. The molecule has 4 nitrogen and oxygen atoms in total. The third-order valence-electron chi connectivity index (χ3n) is 4.18. The normalized spacial score (nSPS) is 19.2. The second-order valence-electron chi connectivity index (χ2n) is 7.84.